The minimum absolute atomic E-state index is 0.178. The van der Waals surface area contributed by atoms with E-state index in [1.807, 2.05) is 33.5 Å². The van der Waals surface area contributed by atoms with Gasteiger partial charge in [-0.2, -0.15) is 4.98 Å². The summed E-state index contributed by atoms with van der Waals surface area (Å²) in [6.07, 6.45) is 10.8. The van der Waals surface area contributed by atoms with Crippen LogP contribution < -0.4 is 10.2 Å². The van der Waals surface area contributed by atoms with Gasteiger partial charge in [0.15, 0.2) is 0 Å². The van der Waals surface area contributed by atoms with Crippen molar-refractivity contribution < 1.29 is 19.1 Å². The molecule has 0 bridgehead atoms. The van der Waals surface area contributed by atoms with Crippen LogP contribution in [0, 0.1) is 11.8 Å². The summed E-state index contributed by atoms with van der Waals surface area (Å²) in [6.45, 7) is 10.7. The lowest BCUT2D eigenvalue weighted by molar-refractivity contribution is 0.118. The van der Waals surface area contributed by atoms with E-state index < -0.39 is 6.09 Å². The number of ether oxygens (including phenoxy) is 2. The van der Waals surface area contributed by atoms with Crippen LogP contribution in [0.4, 0.5) is 21.4 Å². The van der Waals surface area contributed by atoms with Gasteiger partial charge in [-0.3, -0.25) is 5.32 Å². The third-order valence-corrected chi connectivity index (χ3v) is 12.0. The quantitative estimate of drug-likeness (QED) is 0.0795. The molecule has 9 nitrogen and oxygen atoms in total. The normalized spacial score (nSPS) is 12.4. The number of carbonyl (C=O) groups is 2. The van der Waals surface area contributed by atoms with Crippen LogP contribution in [0.5, 0.6) is 0 Å². The van der Waals surface area contributed by atoms with E-state index in [1.165, 1.54) is 51.4 Å². The monoisotopic (exact) mass is 677 g/mol. The van der Waals surface area contributed by atoms with Crippen molar-refractivity contribution in [3.05, 3.63) is 12.3 Å². The summed E-state index contributed by atoms with van der Waals surface area (Å²) in [7, 11) is 10.9. The van der Waals surface area contributed by atoms with Gasteiger partial charge in [-0.05, 0) is 30.7 Å². The number of likely N-dealkylation sites (N-methyl/N-ethyl adjacent to an activating group) is 2. The van der Waals surface area contributed by atoms with E-state index in [1.54, 1.807) is 45.8 Å². The molecule has 0 saturated carbocycles. The Bertz CT molecular complexity index is 874. The SMILES string of the molecule is CCCC[C@@H](CC)CSSCCOC(=O)N(C)CCN(C)c1ccnc(NC(=O)OCCSSC[C@@H](CC)CCCC)n1. The molecule has 1 N–H and O–H groups in total. The van der Waals surface area contributed by atoms with Gasteiger partial charge < -0.3 is 19.3 Å². The number of rotatable bonds is 25. The standard InChI is InChI=1S/C30H55N5O4S4/c1-7-11-13-25(9-3)23-42-40-21-19-38-29(36)33-28-31-16-15-27(32-28)34(5)17-18-35(6)30(37)39-20-22-41-43-24-26(10-4)14-12-8-2/h15-16,25-26H,7-14,17-24H2,1-6H3,(H,31,32,33,36)/t25-,26+/m0/s1. The summed E-state index contributed by atoms with van der Waals surface area (Å²) in [6, 6.07) is 1.76. The van der Waals surface area contributed by atoms with Gasteiger partial charge in [0.1, 0.15) is 19.0 Å². The molecule has 0 aliphatic carbocycles. The largest absolute Gasteiger partial charge is 0.449 e. The van der Waals surface area contributed by atoms with Crippen molar-refractivity contribution in [3.8, 4) is 0 Å². The van der Waals surface area contributed by atoms with Gasteiger partial charge in [0.05, 0.1) is 0 Å². The first-order valence-electron chi connectivity index (χ1n) is 15.7. The summed E-state index contributed by atoms with van der Waals surface area (Å²) in [5, 5.41) is 2.60. The highest BCUT2D eigenvalue weighted by Crippen LogP contribution is 2.28. The maximum absolute atomic E-state index is 12.4. The number of hydrogen-bond acceptors (Lipinski definition) is 11. The highest BCUT2D eigenvalue weighted by Gasteiger charge is 2.14. The number of unbranched alkanes of at least 4 members (excludes halogenated alkanes) is 2. The molecule has 13 heteroatoms. The molecule has 0 unspecified atom stereocenters. The topological polar surface area (TPSA) is 96.9 Å². The molecule has 0 aliphatic heterocycles. The maximum atomic E-state index is 12.4. The molecule has 2 atom stereocenters. The van der Waals surface area contributed by atoms with Gasteiger partial charge in [-0.15, -0.1) is 0 Å². The van der Waals surface area contributed by atoms with Crippen molar-refractivity contribution in [3.63, 3.8) is 0 Å². The molecule has 0 spiro atoms. The second-order valence-corrected chi connectivity index (χ2v) is 15.8. The fourth-order valence-electron chi connectivity index (χ4n) is 3.90. The van der Waals surface area contributed by atoms with Crippen LogP contribution in [0.15, 0.2) is 12.3 Å². The molecule has 1 heterocycles. The Morgan fingerprint density at radius 3 is 2.00 bits per heavy atom. The van der Waals surface area contributed by atoms with Crippen LogP contribution in [0.2, 0.25) is 0 Å². The van der Waals surface area contributed by atoms with Crippen molar-refractivity contribution in [2.45, 2.75) is 79.1 Å². The molecule has 1 aromatic heterocycles. The zero-order valence-electron chi connectivity index (χ0n) is 27.2. The molecule has 0 aromatic carbocycles. The Morgan fingerprint density at radius 1 is 0.860 bits per heavy atom. The van der Waals surface area contributed by atoms with Gasteiger partial charge in [0, 0.05) is 56.4 Å². The second kappa shape index (κ2) is 26.1. The zero-order chi connectivity index (χ0) is 31.7. The smallest absolute Gasteiger partial charge is 0.414 e. The van der Waals surface area contributed by atoms with Crippen molar-refractivity contribution in [1.82, 2.24) is 14.9 Å². The van der Waals surface area contributed by atoms with Gasteiger partial charge in [0.25, 0.3) is 0 Å². The maximum Gasteiger partial charge on any atom is 0.414 e. The summed E-state index contributed by atoms with van der Waals surface area (Å²) in [5.74, 6) is 6.14. The first-order valence-corrected chi connectivity index (χ1v) is 20.7. The van der Waals surface area contributed by atoms with Crippen molar-refractivity contribution in [2.75, 3.05) is 73.6 Å². The van der Waals surface area contributed by atoms with E-state index in [0.29, 0.717) is 32.1 Å². The van der Waals surface area contributed by atoms with Crippen molar-refractivity contribution in [2.24, 2.45) is 11.8 Å². The lowest BCUT2D eigenvalue weighted by atomic mass is 10.0. The number of anilines is 2. The average molecular weight is 678 g/mol. The summed E-state index contributed by atoms with van der Waals surface area (Å²) >= 11 is 0. The van der Waals surface area contributed by atoms with Gasteiger partial charge in [0.2, 0.25) is 5.95 Å². The summed E-state index contributed by atoms with van der Waals surface area (Å²) in [5.41, 5.74) is 0. The number of nitrogens with zero attached hydrogens (tertiary/aromatic N) is 4. The van der Waals surface area contributed by atoms with E-state index in [4.69, 9.17) is 9.47 Å². The molecule has 0 aliphatic rings. The molecule has 0 radical (unpaired) electrons. The summed E-state index contributed by atoms with van der Waals surface area (Å²) in [4.78, 5) is 36.6. The fourth-order valence-corrected chi connectivity index (χ4v) is 8.67. The van der Waals surface area contributed by atoms with E-state index in [-0.39, 0.29) is 12.0 Å². The second-order valence-electron chi connectivity index (χ2n) is 10.5. The van der Waals surface area contributed by atoms with Gasteiger partial charge in [-0.25, -0.2) is 14.6 Å². The molecular weight excluding hydrogens is 623 g/mol. The van der Waals surface area contributed by atoms with Crippen LogP contribution >= 0.6 is 43.2 Å². The Labute approximate surface area is 276 Å². The van der Waals surface area contributed by atoms with Crippen LogP contribution in [-0.4, -0.2) is 90.5 Å². The van der Waals surface area contributed by atoms with Crippen LogP contribution in [0.1, 0.15) is 79.1 Å². The fraction of sp³-hybridized carbons (Fsp3) is 0.800. The Morgan fingerprint density at radius 2 is 1.44 bits per heavy atom. The van der Waals surface area contributed by atoms with Crippen LogP contribution in [0.25, 0.3) is 0 Å². The molecule has 0 saturated heterocycles. The Hall–Kier alpha value is -1.18. The Balaban J connectivity index is 2.26. The minimum atomic E-state index is -0.569. The van der Waals surface area contributed by atoms with E-state index in [0.717, 1.165) is 34.8 Å². The first-order chi connectivity index (χ1) is 20.8. The lowest BCUT2D eigenvalue weighted by Gasteiger charge is -2.23. The summed E-state index contributed by atoms with van der Waals surface area (Å²) < 4.78 is 10.7. The number of amides is 2. The number of aromatic nitrogens is 2. The number of hydrogen-bond donors (Lipinski definition) is 1. The predicted octanol–water partition coefficient (Wildman–Crippen LogP) is 8.73. The Kier molecular flexibility index (Phi) is 24.2. The molecule has 43 heavy (non-hydrogen) atoms. The highest BCUT2D eigenvalue weighted by molar-refractivity contribution is 8.77. The number of nitrogens with one attached hydrogen (secondary N) is 1. The number of carbonyl (C=O) groups excluding carboxylic acids is 2. The minimum Gasteiger partial charge on any atom is -0.449 e. The van der Waals surface area contributed by atoms with Gasteiger partial charge >= 0.3 is 12.2 Å². The molecule has 248 valence electrons. The van der Waals surface area contributed by atoms with Gasteiger partial charge in [-0.1, -0.05) is 109 Å². The molecule has 1 rings (SSSR count). The lowest BCUT2D eigenvalue weighted by Crippen LogP contribution is -2.35. The molecule has 2 amide bonds. The van der Waals surface area contributed by atoms with E-state index in [9.17, 15) is 9.59 Å². The average Bonchev–Trinajstić information content (AvgIpc) is 3.01. The highest BCUT2D eigenvalue weighted by atomic mass is 33.1. The van der Waals surface area contributed by atoms with E-state index in [2.05, 4.69) is 43.0 Å². The van der Waals surface area contributed by atoms with E-state index >= 15 is 0 Å². The van der Waals surface area contributed by atoms with Crippen LogP contribution in [-0.2, 0) is 9.47 Å². The zero-order valence-corrected chi connectivity index (χ0v) is 30.4. The molecular formula is C30H55N5O4S4. The molecule has 0 fully saturated rings. The van der Waals surface area contributed by atoms with Crippen LogP contribution in [0.3, 0.4) is 0 Å². The molecule has 1 aromatic rings. The van der Waals surface area contributed by atoms with Crippen molar-refractivity contribution >= 4 is 67.1 Å². The third kappa shape index (κ3) is 19.7. The first kappa shape index (κ1) is 39.8. The predicted molar refractivity (Wildman–Crippen MR) is 191 cm³/mol. The van der Waals surface area contributed by atoms with Crippen molar-refractivity contribution in [1.29, 1.82) is 0 Å². The third-order valence-electron chi connectivity index (χ3n) is 6.98.